The van der Waals surface area contributed by atoms with E-state index in [1.807, 2.05) is 0 Å². The number of hydrogen-bond acceptors (Lipinski definition) is 1. The number of rotatable bonds is 3. The largest absolute Gasteiger partial charge is 0.176 e. The van der Waals surface area contributed by atoms with Gasteiger partial charge in [-0.2, -0.15) is 12.6 Å². The number of thiol groups is 1. The number of hydrogen-bond donors (Lipinski definition) is 1. The molecular formula is C6H14S. The van der Waals surface area contributed by atoms with Gasteiger partial charge in [-0.3, -0.25) is 0 Å². The Kier molecular flexibility index (Phi) is 4.73. The first kappa shape index (κ1) is 7.35. The van der Waals surface area contributed by atoms with Crippen LogP contribution in [0.15, 0.2) is 0 Å². The molecule has 0 aromatic carbocycles. The minimum atomic E-state index is 0.644. The lowest BCUT2D eigenvalue weighted by Crippen LogP contribution is -1.92. The van der Waals surface area contributed by atoms with E-state index in [-0.39, 0.29) is 0 Å². The van der Waals surface area contributed by atoms with Gasteiger partial charge < -0.3 is 0 Å². The first-order valence-corrected chi connectivity index (χ1v) is 3.51. The van der Waals surface area contributed by atoms with Crippen molar-refractivity contribution < 1.29 is 0 Å². The maximum absolute atomic E-state index is 4.31. The molecule has 0 nitrogen and oxygen atoms in total. The van der Waals surface area contributed by atoms with E-state index in [1.54, 1.807) is 0 Å². The molecule has 0 unspecified atom stereocenters. The van der Waals surface area contributed by atoms with Crippen LogP contribution in [0.25, 0.3) is 0 Å². The van der Waals surface area contributed by atoms with Gasteiger partial charge in [0.2, 0.25) is 0 Å². The lowest BCUT2D eigenvalue weighted by molar-refractivity contribution is 0.724. The summed E-state index contributed by atoms with van der Waals surface area (Å²) in [7, 11) is 0. The summed E-state index contributed by atoms with van der Waals surface area (Å²) in [6.07, 6.45) is 3.73. The quantitative estimate of drug-likeness (QED) is 0.541. The zero-order valence-corrected chi connectivity index (χ0v) is 6.04. The molecular weight excluding hydrogens is 104 g/mol. The predicted octanol–water partition coefficient (Wildman–Crippen LogP) is 2.49. The molecule has 0 amide bonds. The van der Waals surface area contributed by atoms with Crippen LogP contribution >= 0.6 is 12.6 Å². The molecule has 0 bridgehead atoms. The molecule has 0 aliphatic carbocycles. The fourth-order valence-corrected chi connectivity index (χ4v) is 0.796. The molecule has 1 heteroatoms. The summed E-state index contributed by atoms with van der Waals surface area (Å²) < 4.78 is 0. The molecule has 0 saturated heterocycles. The van der Waals surface area contributed by atoms with Gasteiger partial charge in [0, 0.05) is 5.25 Å². The maximum Gasteiger partial charge on any atom is 0.00140 e. The smallest absolute Gasteiger partial charge is 0.00140 e. The van der Waals surface area contributed by atoms with E-state index in [4.69, 9.17) is 0 Å². The van der Waals surface area contributed by atoms with Crippen LogP contribution in [-0.4, -0.2) is 5.25 Å². The molecule has 0 saturated carbocycles. The molecule has 0 aliphatic heterocycles. The van der Waals surface area contributed by atoms with E-state index in [1.165, 1.54) is 19.3 Å². The Morgan fingerprint density at radius 3 is 2.14 bits per heavy atom. The minimum absolute atomic E-state index is 0.644. The van der Waals surface area contributed by atoms with E-state index in [0.29, 0.717) is 5.25 Å². The summed E-state index contributed by atoms with van der Waals surface area (Å²) in [4.78, 5) is 0. The Morgan fingerprint density at radius 2 is 2.00 bits per heavy atom. The van der Waals surface area contributed by atoms with Crippen molar-refractivity contribution in [1.82, 2.24) is 0 Å². The van der Waals surface area contributed by atoms with Gasteiger partial charge >= 0.3 is 0 Å². The summed E-state index contributed by atoms with van der Waals surface area (Å²) in [5, 5.41) is 0.644. The molecule has 1 atom stereocenters. The molecule has 0 spiro atoms. The average Bonchev–Trinajstić information content (AvgIpc) is 1.68. The molecule has 44 valence electrons. The zero-order valence-electron chi connectivity index (χ0n) is 5.15. The van der Waals surface area contributed by atoms with Crippen LogP contribution in [0.3, 0.4) is 0 Å². The Hall–Kier alpha value is 0.350. The summed E-state index contributed by atoms with van der Waals surface area (Å²) in [5.74, 6) is 0. The second-order valence-corrected chi connectivity index (χ2v) is 2.58. The molecule has 0 aliphatic rings. The van der Waals surface area contributed by atoms with Crippen LogP contribution in [0.4, 0.5) is 0 Å². The molecule has 0 heterocycles. The summed E-state index contributed by atoms with van der Waals surface area (Å²) in [5.41, 5.74) is 0. The van der Waals surface area contributed by atoms with Crippen LogP contribution in [-0.2, 0) is 0 Å². The zero-order chi connectivity index (χ0) is 5.70. The first-order valence-electron chi connectivity index (χ1n) is 2.99. The molecule has 7 heavy (non-hydrogen) atoms. The molecule has 0 rings (SSSR count). The van der Waals surface area contributed by atoms with E-state index in [0.717, 1.165) is 0 Å². The summed E-state index contributed by atoms with van der Waals surface area (Å²) >= 11 is 4.31. The van der Waals surface area contributed by atoms with Crippen LogP contribution in [0.5, 0.6) is 0 Å². The van der Waals surface area contributed by atoms with Crippen molar-refractivity contribution in [3.63, 3.8) is 0 Å². The predicted molar refractivity (Wildman–Crippen MR) is 38.0 cm³/mol. The summed E-state index contributed by atoms with van der Waals surface area (Å²) in [6, 6.07) is 0. The van der Waals surface area contributed by atoms with Crippen molar-refractivity contribution >= 4 is 12.6 Å². The maximum atomic E-state index is 4.31. The Morgan fingerprint density at radius 1 is 1.43 bits per heavy atom. The highest BCUT2D eigenvalue weighted by atomic mass is 32.1. The third-order valence-corrected chi connectivity index (χ3v) is 1.72. The van der Waals surface area contributed by atoms with Gasteiger partial charge in [-0.25, -0.2) is 0 Å². The van der Waals surface area contributed by atoms with E-state index < -0.39 is 0 Å². The highest BCUT2D eigenvalue weighted by Gasteiger charge is 1.93. The second-order valence-electron chi connectivity index (χ2n) is 1.85. The third kappa shape index (κ3) is 4.20. The monoisotopic (exact) mass is 118 g/mol. The SMILES string of the molecule is CCC[C@H](S)CC. The molecule has 0 N–H and O–H groups in total. The van der Waals surface area contributed by atoms with Crippen molar-refractivity contribution in [2.24, 2.45) is 0 Å². The first-order chi connectivity index (χ1) is 3.31. The van der Waals surface area contributed by atoms with Crippen molar-refractivity contribution in [3.8, 4) is 0 Å². The van der Waals surface area contributed by atoms with Crippen molar-refractivity contribution in [2.45, 2.75) is 38.4 Å². The van der Waals surface area contributed by atoms with Gasteiger partial charge in [-0.15, -0.1) is 0 Å². The Balaban J connectivity index is 2.83. The second kappa shape index (κ2) is 4.51. The van der Waals surface area contributed by atoms with E-state index in [9.17, 15) is 0 Å². The van der Waals surface area contributed by atoms with Crippen molar-refractivity contribution in [3.05, 3.63) is 0 Å². The minimum Gasteiger partial charge on any atom is -0.176 e. The Labute approximate surface area is 51.7 Å². The van der Waals surface area contributed by atoms with Gasteiger partial charge in [0.1, 0.15) is 0 Å². The van der Waals surface area contributed by atoms with Crippen LogP contribution < -0.4 is 0 Å². The van der Waals surface area contributed by atoms with Crippen LogP contribution in [0.2, 0.25) is 0 Å². The highest BCUT2D eigenvalue weighted by molar-refractivity contribution is 7.80. The van der Waals surface area contributed by atoms with Crippen LogP contribution in [0.1, 0.15) is 33.1 Å². The molecule has 0 radical (unpaired) electrons. The van der Waals surface area contributed by atoms with E-state index in [2.05, 4.69) is 26.5 Å². The molecule has 0 aromatic rings. The topological polar surface area (TPSA) is 0 Å². The normalized spacial score (nSPS) is 14.1. The van der Waals surface area contributed by atoms with Gasteiger partial charge in [0.15, 0.2) is 0 Å². The molecule has 0 fully saturated rings. The van der Waals surface area contributed by atoms with Crippen LogP contribution in [0, 0.1) is 0 Å². The molecule has 0 aromatic heterocycles. The average molecular weight is 118 g/mol. The van der Waals surface area contributed by atoms with Crippen molar-refractivity contribution in [1.29, 1.82) is 0 Å². The fourth-order valence-electron chi connectivity index (χ4n) is 0.537. The lowest BCUT2D eigenvalue weighted by atomic mass is 10.2. The van der Waals surface area contributed by atoms with E-state index >= 15 is 0 Å². The highest BCUT2D eigenvalue weighted by Crippen LogP contribution is 2.06. The van der Waals surface area contributed by atoms with Gasteiger partial charge in [-0.1, -0.05) is 20.3 Å². The Bertz CT molecular complexity index is 35.2. The fraction of sp³-hybridized carbons (Fsp3) is 1.00. The van der Waals surface area contributed by atoms with Gasteiger partial charge in [-0.05, 0) is 12.8 Å². The van der Waals surface area contributed by atoms with Gasteiger partial charge in [0.25, 0.3) is 0 Å². The van der Waals surface area contributed by atoms with Gasteiger partial charge in [0.05, 0.1) is 0 Å². The third-order valence-electron chi connectivity index (χ3n) is 1.09. The lowest BCUT2D eigenvalue weighted by Gasteiger charge is -2.01. The summed E-state index contributed by atoms with van der Waals surface area (Å²) in [6.45, 7) is 4.37. The van der Waals surface area contributed by atoms with Crippen molar-refractivity contribution in [2.75, 3.05) is 0 Å². The standard InChI is InChI=1S/C6H14S/c1-3-5-6(7)4-2/h6-7H,3-5H2,1-2H3/t6-/m1/s1.